The lowest BCUT2D eigenvalue weighted by Crippen LogP contribution is -2.52. The van der Waals surface area contributed by atoms with E-state index in [0.29, 0.717) is 152 Å². The first-order valence-electron chi connectivity index (χ1n) is 23.4. The van der Waals surface area contributed by atoms with Gasteiger partial charge in [0.1, 0.15) is 30.2 Å². The van der Waals surface area contributed by atoms with Crippen LogP contribution < -0.4 is 14.8 Å². The largest absolute Gasteiger partial charge is 0.487 e. The smallest absolute Gasteiger partial charge is 0.256 e. The van der Waals surface area contributed by atoms with Crippen molar-refractivity contribution in [2.45, 2.75) is 88.7 Å². The van der Waals surface area contributed by atoms with Crippen LogP contribution in [0, 0.1) is 0 Å². The lowest BCUT2D eigenvalue weighted by atomic mass is 9.89. The van der Waals surface area contributed by atoms with Gasteiger partial charge in [0.2, 0.25) is 5.95 Å². The molecule has 3 aromatic heterocycles. The second-order valence-corrected chi connectivity index (χ2v) is 17.0. The number of benzene rings is 1. The Morgan fingerprint density at radius 1 is 0.727 bits per heavy atom. The average molecular weight is 943 g/mol. The van der Waals surface area contributed by atoms with Gasteiger partial charge in [-0.15, -0.1) is 5.10 Å². The maximum atomic E-state index is 6.53. The number of ether oxygens (including phenoxy) is 10. The molecule has 0 spiro atoms. The molecule has 0 radical (unpaired) electrons. The van der Waals surface area contributed by atoms with Crippen molar-refractivity contribution in [1.82, 2.24) is 39.4 Å². The summed E-state index contributed by atoms with van der Waals surface area (Å²) in [6.45, 7) is 11.4. The number of rotatable bonds is 32. The van der Waals surface area contributed by atoms with Crippen LogP contribution in [0.25, 0.3) is 11.1 Å². The second-order valence-electron chi connectivity index (χ2n) is 16.6. The Hall–Kier alpha value is -4.02. The van der Waals surface area contributed by atoms with E-state index in [9.17, 15) is 0 Å². The lowest BCUT2D eigenvalue weighted by molar-refractivity contribution is -0.0458. The topological polar surface area (TPSA) is 182 Å². The Morgan fingerprint density at radius 2 is 1.32 bits per heavy atom. The van der Waals surface area contributed by atoms with E-state index in [1.54, 1.807) is 30.5 Å². The van der Waals surface area contributed by atoms with Crippen molar-refractivity contribution in [2.24, 2.45) is 0 Å². The van der Waals surface area contributed by atoms with Crippen LogP contribution in [0.3, 0.4) is 0 Å². The molecule has 0 unspecified atom stereocenters. The van der Waals surface area contributed by atoms with Crippen LogP contribution in [0.1, 0.15) is 57.9 Å². The number of hydrogen-bond donors (Lipinski definition) is 1. The summed E-state index contributed by atoms with van der Waals surface area (Å²) in [5, 5.41) is 13.0. The van der Waals surface area contributed by atoms with Gasteiger partial charge in [0, 0.05) is 56.2 Å². The highest BCUT2D eigenvalue weighted by Crippen LogP contribution is 2.40. The molecule has 2 bridgehead atoms. The zero-order chi connectivity index (χ0) is 45.6. The molecule has 2 saturated heterocycles. The number of halogens is 1. The van der Waals surface area contributed by atoms with E-state index in [-0.39, 0.29) is 12.1 Å². The van der Waals surface area contributed by atoms with Gasteiger partial charge in [0.05, 0.1) is 123 Å². The third-order valence-electron chi connectivity index (χ3n) is 11.8. The van der Waals surface area contributed by atoms with Crippen molar-refractivity contribution in [3.63, 3.8) is 0 Å². The molecule has 66 heavy (non-hydrogen) atoms. The molecule has 1 aromatic carbocycles. The number of methoxy groups -OCH3 is 1. The number of morpholine rings is 1. The Morgan fingerprint density at radius 3 is 1.92 bits per heavy atom. The van der Waals surface area contributed by atoms with Crippen LogP contribution >= 0.6 is 11.6 Å². The molecule has 1 aliphatic carbocycles. The summed E-state index contributed by atoms with van der Waals surface area (Å²) in [5.41, 5.74) is 2.41. The van der Waals surface area contributed by atoms with Crippen molar-refractivity contribution in [3.05, 3.63) is 54.5 Å². The van der Waals surface area contributed by atoms with Crippen molar-refractivity contribution in [3.8, 4) is 22.8 Å². The van der Waals surface area contributed by atoms with E-state index in [1.165, 1.54) is 19.2 Å². The molecule has 0 amide bonds. The predicted octanol–water partition coefficient (Wildman–Crippen LogP) is 5.66. The van der Waals surface area contributed by atoms with Gasteiger partial charge in [0.15, 0.2) is 0 Å². The zero-order valence-electron chi connectivity index (χ0n) is 38.5. The Labute approximate surface area is 393 Å². The lowest BCUT2D eigenvalue weighted by Gasteiger charge is -2.43. The van der Waals surface area contributed by atoms with E-state index in [2.05, 4.69) is 34.9 Å². The fraction of sp³-hybridized carbons (Fsp3) is 0.674. The van der Waals surface area contributed by atoms with Crippen molar-refractivity contribution in [2.75, 3.05) is 118 Å². The Kier molecular flexibility index (Phi) is 20.9. The molecule has 4 aromatic rings. The maximum absolute atomic E-state index is 6.53. The van der Waals surface area contributed by atoms with Crippen LogP contribution in [0.15, 0.2) is 49.4 Å². The molecule has 3 aliphatic rings. The van der Waals surface area contributed by atoms with Crippen molar-refractivity contribution in [1.29, 1.82) is 0 Å². The summed E-state index contributed by atoms with van der Waals surface area (Å²) >= 11 is 6.53. The summed E-state index contributed by atoms with van der Waals surface area (Å²) in [5.74, 6) is 1.51. The first-order chi connectivity index (χ1) is 32.5. The van der Waals surface area contributed by atoms with Gasteiger partial charge in [-0.2, -0.15) is 5.10 Å². The fourth-order valence-electron chi connectivity index (χ4n) is 8.59. The Bertz CT molecular complexity index is 1920. The van der Waals surface area contributed by atoms with E-state index in [1.807, 2.05) is 31.3 Å². The molecule has 1 saturated carbocycles. The minimum Gasteiger partial charge on any atom is -0.487 e. The molecule has 7 rings (SSSR count). The van der Waals surface area contributed by atoms with E-state index >= 15 is 0 Å². The molecule has 20 heteroatoms. The highest BCUT2D eigenvalue weighted by atomic mass is 35.5. The molecular weight excluding hydrogens is 874 g/mol. The highest BCUT2D eigenvalue weighted by molar-refractivity contribution is 6.32. The third-order valence-corrected chi connectivity index (χ3v) is 12.1. The standard InChI is InChI=1S/C46H68ClN9O10/c1-35(29-54-34-48-33-51-54)66-44-26-36(4-11-42(44)47)37-27-49-46(50-28-37)52-43-30-55(38-5-7-39(8-6-38)56-40-9-10-41(56)32-64-31-40)53-45(43)65-13-3-12-58-16-17-60-20-21-62-24-25-63-23-22-61-19-18-59-15-14-57-2/h4,11,26-28,30,33-35,38-41H,3,5-10,12-25,29,31-32H2,1-2H3,(H,49,50,52)/t35-,38?,39?,40-,41+/m0/s1. The quantitative estimate of drug-likeness (QED) is 0.0592. The molecule has 5 heterocycles. The van der Waals surface area contributed by atoms with Gasteiger partial charge in [-0.3, -0.25) is 9.58 Å². The maximum Gasteiger partial charge on any atom is 0.256 e. The second kappa shape index (κ2) is 27.7. The summed E-state index contributed by atoms with van der Waals surface area (Å²) in [6, 6.07) is 7.66. The number of anilines is 2. The molecule has 3 fully saturated rings. The van der Waals surface area contributed by atoms with Crippen LogP contribution in [0.2, 0.25) is 5.02 Å². The zero-order valence-corrected chi connectivity index (χ0v) is 39.3. The molecule has 364 valence electrons. The SMILES string of the molecule is COCCOCCOCCOCCOCCOCCOCCCOc1nn(C2CCC(N3[C@@H]4CC[C@H]3COC4)CC2)cc1Nc1ncc(-c2ccc(Cl)c(O[C@@H](C)Cn3cncn3)c2)cn1. The summed E-state index contributed by atoms with van der Waals surface area (Å²) in [4.78, 5) is 16.1. The van der Waals surface area contributed by atoms with Gasteiger partial charge in [-0.05, 0) is 63.1 Å². The summed E-state index contributed by atoms with van der Waals surface area (Å²) < 4.78 is 60.5. The molecule has 1 N–H and O–H groups in total. The Balaban J connectivity index is 0.834. The van der Waals surface area contributed by atoms with Crippen LogP contribution in [0.4, 0.5) is 11.6 Å². The summed E-state index contributed by atoms with van der Waals surface area (Å²) in [7, 11) is 1.65. The van der Waals surface area contributed by atoms with E-state index in [4.69, 9.17) is 64.1 Å². The highest BCUT2D eigenvalue weighted by Gasteiger charge is 2.42. The van der Waals surface area contributed by atoms with Gasteiger partial charge in [-0.25, -0.2) is 19.6 Å². The number of aromatic nitrogens is 7. The molecule has 2 aliphatic heterocycles. The van der Waals surface area contributed by atoms with Gasteiger partial charge < -0.3 is 52.7 Å². The van der Waals surface area contributed by atoms with Crippen LogP contribution in [0.5, 0.6) is 11.6 Å². The number of hydrogen-bond acceptors (Lipinski definition) is 17. The predicted molar refractivity (Wildman–Crippen MR) is 246 cm³/mol. The number of nitrogens with zero attached hydrogens (tertiary/aromatic N) is 8. The fourth-order valence-corrected chi connectivity index (χ4v) is 8.75. The number of nitrogens with one attached hydrogen (secondary N) is 1. The molecule has 19 nitrogen and oxygen atoms in total. The molecular formula is C46H68ClN9O10. The normalized spacial score (nSPS) is 20.2. The van der Waals surface area contributed by atoms with E-state index in [0.717, 1.165) is 50.0 Å². The average Bonchev–Trinajstić information content (AvgIpc) is 4.06. The number of fused-ring (bicyclic) bond motifs is 2. The van der Waals surface area contributed by atoms with E-state index < -0.39 is 0 Å². The first kappa shape index (κ1) is 49.9. The van der Waals surface area contributed by atoms with Gasteiger partial charge >= 0.3 is 0 Å². The van der Waals surface area contributed by atoms with Crippen molar-refractivity contribution >= 4 is 23.2 Å². The minimum absolute atomic E-state index is 0.184. The first-order valence-corrected chi connectivity index (χ1v) is 23.8. The minimum atomic E-state index is -0.184. The van der Waals surface area contributed by atoms with Gasteiger partial charge in [-0.1, -0.05) is 17.7 Å². The van der Waals surface area contributed by atoms with Crippen LogP contribution in [-0.4, -0.2) is 176 Å². The van der Waals surface area contributed by atoms with Gasteiger partial charge in [0.25, 0.3) is 5.88 Å². The molecule has 3 atom stereocenters. The monoisotopic (exact) mass is 941 g/mol. The van der Waals surface area contributed by atoms with Crippen LogP contribution in [-0.2, 0) is 44.4 Å². The third kappa shape index (κ3) is 15.8. The summed E-state index contributed by atoms with van der Waals surface area (Å²) in [6.07, 6.45) is 16.1. The van der Waals surface area contributed by atoms with Crippen molar-refractivity contribution < 1.29 is 47.4 Å².